The maximum Gasteiger partial charge on any atom is 0.222 e. The van der Waals surface area contributed by atoms with Crippen molar-refractivity contribution in [2.24, 2.45) is 0 Å². The van der Waals surface area contributed by atoms with Crippen LogP contribution in [0.4, 0.5) is 10.1 Å². The Labute approximate surface area is 187 Å². The van der Waals surface area contributed by atoms with Gasteiger partial charge in [-0.2, -0.15) is 4.31 Å². The number of anilines is 1. The number of sulfonamides is 1. The van der Waals surface area contributed by atoms with Crippen molar-refractivity contribution in [2.45, 2.75) is 44.5 Å². The molecule has 3 heterocycles. The first-order valence-corrected chi connectivity index (χ1v) is 13.0. The highest BCUT2D eigenvalue weighted by molar-refractivity contribution is 7.89. The zero-order valence-corrected chi connectivity index (χ0v) is 19.5. The predicted octanol–water partition coefficient (Wildman–Crippen LogP) is 3.61. The van der Waals surface area contributed by atoms with Crippen molar-refractivity contribution in [1.29, 1.82) is 0 Å². The summed E-state index contributed by atoms with van der Waals surface area (Å²) in [5, 5.41) is 1.34. The monoisotopic (exact) mass is 465 g/mol. The Bertz CT molecular complexity index is 1030. The molecule has 0 saturated carbocycles. The summed E-state index contributed by atoms with van der Waals surface area (Å²) in [6, 6.07) is 8.59. The van der Waals surface area contributed by atoms with Gasteiger partial charge in [-0.1, -0.05) is 12.1 Å². The van der Waals surface area contributed by atoms with E-state index in [0.29, 0.717) is 38.2 Å². The summed E-state index contributed by atoms with van der Waals surface area (Å²) in [6.07, 6.45) is 1.34. The Morgan fingerprint density at radius 2 is 1.90 bits per heavy atom. The lowest BCUT2D eigenvalue weighted by Crippen LogP contribution is -2.48. The van der Waals surface area contributed by atoms with Gasteiger partial charge in [0.15, 0.2) is 0 Å². The van der Waals surface area contributed by atoms with Crippen LogP contribution in [0.15, 0.2) is 35.7 Å². The van der Waals surface area contributed by atoms with Gasteiger partial charge in [-0.25, -0.2) is 12.8 Å². The van der Waals surface area contributed by atoms with Crippen LogP contribution in [0.5, 0.6) is 0 Å². The Morgan fingerprint density at radius 3 is 2.52 bits per heavy atom. The molecule has 0 aliphatic carbocycles. The number of piperazine rings is 1. The van der Waals surface area contributed by atoms with Gasteiger partial charge in [-0.15, -0.1) is 11.3 Å². The molecule has 2 aliphatic heterocycles. The van der Waals surface area contributed by atoms with E-state index in [1.165, 1.54) is 21.7 Å². The average molecular weight is 466 g/mol. The van der Waals surface area contributed by atoms with E-state index < -0.39 is 21.1 Å². The van der Waals surface area contributed by atoms with Crippen molar-refractivity contribution in [3.8, 4) is 0 Å². The molecule has 0 radical (unpaired) electrons. The van der Waals surface area contributed by atoms with Gasteiger partial charge in [0.05, 0.1) is 0 Å². The summed E-state index contributed by atoms with van der Waals surface area (Å²) in [5.74, 6) is -0.342. The third kappa shape index (κ3) is 4.49. The predicted molar refractivity (Wildman–Crippen MR) is 121 cm³/mol. The Hall–Kier alpha value is -1.97. The van der Waals surface area contributed by atoms with Gasteiger partial charge in [0, 0.05) is 61.8 Å². The van der Waals surface area contributed by atoms with Gasteiger partial charge >= 0.3 is 0 Å². The van der Waals surface area contributed by atoms with Crippen LogP contribution in [-0.4, -0.2) is 55.8 Å². The number of rotatable bonds is 4. The van der Waals surface area contributed by atoms with E-state index in [4.69, 9.17) is 0 Å². The highest BCUT2D eigenvalue weighted by Crippen LogP contribution is 2.40. The number of nitrogens with zero attached hydrogens (tertiary/aromatic N) is 3. The van der Waals surface area contributed by atoms with Crippen LogP contribution in [0.3, 0.4) is 0 Å². The van der Waals surface area contributed by atoms with Crippen molar-refractivity contribution in [3.63, 3.8) is 0 Å². The molecule has 1 aromatic heterocycles. The van der Waals surface area contributed by atoms with E-state index in [1.807, 2.05) is 30.5 Å². The smallest absolute Gasteiger partial charge is 0.222 e. The minimum Gasteiger partial charge on any atom is -0.368 e. The molecule has 2 unspecified atom stereocenters. The molecule has 0 spiro atoms. The fraction of sp³-hybridized carbons (Fsp3) is 0.500. The molecule has 2 fully saturated rings. The quantitative estimate of drug-likeness (QED) is 0.692. The molecule has 2 aromatic rings. The second-order valence-corrected chi connectivity index (χ2v) is 11.3. The van der Waals surface area contributed by atoms with Crippen molar-refractivity contribution < 1.29 is 17.6 Å². The number of carbonyl (C=O) groups excluding carboxylic acids is 1. The number of amides is 1. The lowest BCUT2D eigenvalue weighted by Gasteiger charge is -2.37. The number of benzene rings is 1. The molecule has 4 rings (SSSR count). The highest BCUT2D eigenvalue weighted by Gasteiger charge is 2.41. The van der Waals surface area contributed by atoms with Gasteiger partial charge in [-0.05, 0) is 43.3 Å². The average Bonchev–Trinajstić information content (AvgIpc) is 3.26. The van der Waals surface area contributed by atoms with Crippen molar-refractivity contribution in [1.82, 2.24) is 9.21 Å². The molecule has 6 nitrogen and oxygen atoms in total. The third-order valence-electron chi connectivity index (χ3n) is 6.34. The summed E-state index contributed by atoms with van der Waals surface area (Å²) >= 11 is 1.45. The highest BCUT2D eigenvalue weighted by atomic mass is 32.2. The number of halogens is 1. The molecule has 2 aliphatic rings. The van der Waals surface area contributed by atoms with Gasteiger partial charge in [0.2, 0.25) is 15.9 Å². The Morgan fingerprint density at radius 1 is 1.16 bits per heavy atom. The maximum atomic E-state index is 15.0. The van der Waals surface area contributed by atoms with Crippen LogP contribution in [0.25, 0.3) is 0 Å². The van der Waals surface area contributed by atoms with E-state index in [2.05, 4.69) is 4.90 Å². The number of thiophene rings is 1. The minimum atomic E-state index is -3.57. The van der Waals surface area contributed by atoms with Crippen LogP contribution in [0, 0.1) is 5.82 Å². The fourth-order valence-corrected chi connectivity index (χ4v) is 7.75. The first-order chi connectivity index (χ1) is 14.8. The lowest BCUT2D eigenvalue weighted by atomic mass is 10.1. The van der Waals surface area contributed by atoms with Crippen molar-refractivity contribution >= 4 is 33.0 Å². The van der Waals surface area contributed by atoms with Gasteiger partial charge in [-0.3, -0.25) is 4.79 Å². The normalized spacial score (nSPS) is 24.4. The van der Waals surface area contributed by atoms with Crippen molar-refractivity contribution in [2.75, 3.05) is 31.1 Å². The molecule has 168 valence electrons. The van der Waals surface area contributed by atoms with Gasteiger partial charge in [0.1, 0.15) is 11.1 Å². The zero-order chi connectivity index (χ0) is 22.2. The molecule has 0 N–H and O–H groups in total. The maximum absolute atomic E-state index is 15.0. The minimum absolute atomic E-state index is 0.0373. The first-order valence-electron chi connectivity index (χ1n) is 10.6. The fourth-order valence-electron chi connectivity index (χ4n) is 4.42. The van der Waals surface area contributed by atoms with E-state index in [1.54, 1.807) is 17.9 Å². The second-order valence-electron chi connectivity index (χ2n) is 8.29. The molecule has 1 amide bonds. The van der Waals surface area contributed by atoms with Crippen LogP contribution in [-0.2, 0) is 21.4 Å². The van der Waals surface area contributed by atoms with Gasteiger partial charge < -0.3 is 9.80 Å². The first kappa shape index (κ1) is 22.2. The summed E-state index contributed by atoms with van der Waals surface area (Å²) in [7, 11) is -3.57. The zero-order valence-electron chi connectivity index (χ0n) is 17.8. The standard InChI is InChI=1S/C22H28FN3O3S2/c1-16-5-8-22(21-4-3-13-30-21)31(28,29)26(16)15-18-6-7-19(14-20(18)23)25-11-9-24(10-12-25)17(2)27/h3-4,6-7,13-14,16,22H,5,8-12,15H2,1-2H3. The number of hydrogen-bond donors (Lipinski definition) is 0. The van der Waals surface area contributed by atoms with Crippen molar-refractivity contribution in [3.05, 3.63) is 52.0 Å². The molecule has 2 saturated heterocycles. The number of hydrogen-bond acceptors (Lipinski definition) is 5. The van der Waals surface area contributed by atoms with E-state index in [-0.39, 0.29) is 18.5 Å². The molecular formula is C22H28FN3O3S2. The van der Waals surface area contributed by atoms with E-state index in [9.17, 15) is 13.2 Å². The molecule has 1 aromatic carbocycles. The lowest BCUT2D eigenvalue weighted by molar-refractivity contribution is -0.129. The Kier molecular flexibility index (Phi) is 6.37. The molecular weight excluding hydrogens is 437 g/mol. The topological polar surface area (TPSA) is 60.9 Å². The van der Waals surface area contributed by atoms with Crippen LogP contribution in [0.2, 0.25) is 0 Å². The van der Waals surface area contributed by atoms with E-state index in [0.717, 1.165) is 17.0 Å². The van der Waals surface area contributed by atoms with Crippen LogP contribution in [0.1, 0.15) is 42.4 Å². The molecule has 31 heavy (non-hydrogen) atoms. The molecule has 0 bridgehead atoms. The van der Waals surface area contributed by atoms with E-state index >= 15 is 4.39 Å². The largest absolute Gasteiger partial charge is 0.368 e. The molecule has 9 heteroatoms. The number of carbonyl (C=O) groups is 1. The Balaban J connectivity index is 1.50. The molecule has 2 atom stereocenters. The summed E-state index contributed by atoms with van der Waals surface area (Å²) in [6.45, 7) is 6.02. The summed E-state index contributed by atoms with van der Waals surface area (Å²) in [5.41, 5.74) is 1.14. The van der Waals surface area contributed by atoms with Gasteiger partial charge in [0.25, 0.3) is 0 Å². The summed E-state index contributed by atoms with van der Waals surface area (Å²) in [4.78, 5) is 16.2. The second kappa shape index (κ2) is 8.88. The third-order valence-corrected chi connectivity index (χ3v) is 9.82. The summed E-state index contributed by atoms with van der Waals surface area (Å²) < 4.78 is 43.1. The van der Waals surface area contributed by atoms with Crippen LogP contribution >= 0.6 is 11.3 Å². The van der Waals surface area contributed by atoms with Crippen LogP contribution < -0.4 is 4.90 Å². The SMILES string of the molecule is CC(=O)N1CCN(c2ccc(CN3C(C)CCC(c4cccs4)S3(=O)=O)c(F)c2)CC1.